The molecule has 0 atom stereocenters. The lowest BCUT2D eigenvalue weighted by Crippen LogP contribution is -2.46. The second-order valence-corrected chi connectivity index (χ2v) is 8.70. The first-order valence-electron chi connectivity index (χ1n) is 11.4. The number of hydrogen-bond acceptors (Lipinski definition) is 4. The molecule has 6 heteroatoms. The van der Waals surface area contributed by atoms with E-state index in [2.05, 4.69) is 17.0 Å². The van der Waals surface area contributed by atoms with E-state index in [1.54, 1.807) is 24.1 Å². The fourth-order valence-corrected chi connectivity index (χ4v) is 4.75. The van der Waals surface area contributed by atoms with Crippen LogP contribution >= 0.6 is 0 Å². The molecule has 2 saturated heterocycles. The molecule has 0 radical (unpaired) electrons. The van der Waals surface area contributed by atoms with Gasteiger partial charge in [0, 0.05) is 32.1 Å². The van der Waals surface area contributed by atoms with Crippen LogP contribution < -0.4 is 4.74 Å². The van der Waals surface area contributed by atoms with Crippen molar-refractivity contribution in [3.8, 4) is 5.75 Å². The van der Waals surface area contributed by atoms with Gasteiger partial charge in [-0.15, -0.1) is 0 Å². The Morgan fingerprint density at radius 3 is 2.26 bits per heavy atom. The molecule has 31 heavy (non-hydrogen) atoms. The van der Waals surface area contributed by atoms with Crippen LogP contribution in [0.15, 0.2) is 47.1 Å². The van der Waals surface area contributed by atoms with Crippen molar-refractivity contribution in [2.24, 2.45) is 11.8 Å². The fourth-order valence-electron chi connectivity index (χ4n) is 4.75. The van der Waals surface area contributed by atoms with Gasteiger partial charge in [-0.25, -0.2) is 0 Å². The largest absolute Gasteiger partial charge is 0.497 e. The Hall–Kier alpha value is -2.76. The van der Waals surface area contributed by atoms with E-state index in [1.807, 2.05) is 12.1 Å². The number of nitrogens with zero attached hydrogens (tertiary/aromatic N) is 2. The summed E-state index contributed by atoms with van der Waals surface area (Å²) in [5.41, 5.74) is 1.34. The highest BCUT2D eigenvalue weighted by Crippen LogP contribution is 2.27. The summed E-state index contributed by atoms with van der Waals surface area (Å²) in [7, 11) is 1.69. The minimum Gasteiger partial charge on any atom is -0.497 e. The first kappa shape index (κ1) is 21.5. The molecule has 2 fully saturated rings. The van der Waals surface area contributed by atoms with Gasteiger partial charge in [0.2, 0.25) is 5.91 Å². The molecule has 0 aliphatic carbocycles. The highest BCUT2D eigenvalue weighted by atomic mass is 16.5. The maximum atomic E-state index is 13.0. The Bertz CT molecular complexity index is 846. The molecular formula is C25H32N2O4. The van der Waals surface area contributed by atoms with Crippen molar-refractivity contribution in [2.75, 3.05) is 33.3 Å². The average Bonchev–Trinajstić information content (AvgIpc) is 3.38. The first-order chi connectivity index (χ1) is 15.1. The zero-order valence-electron chi connectivity index (χ0n) is 18.3. The number of benzene rings is 1. The van der Waals surface area contributed by atoms with Crippen molar-refractivity contribution < 1.29 is 18.7 Å². The Kier molecular flexibility index (Phi) is 6.95. The van der Waals surface area contributed by atoms with Crippen LogP contribution in [-0.2, 0) is 11.2 Å². The summed E-state index contributed by atoms with van der Waals surface area (Å²) in [5, 5.41) is 0. The lowest BCUT2D eigenvalue weighted by atomic mass is 9.89. The number of ether oxygens (including phenoxy) is 1. The molecule has 2 aliphatic rings. The van der Waals surface area contributed by atoms with E-state index in [0.717, 1.165) is 50.9 Å². The summed E-state index contributed by atoms with van der Waals surface area (Å²) in [4.78, 5) is 29.3. The van der Waals surface area contributed by atoms with Gasteiger partial charge in [-0.05, 0) is 74.3 Å². The van der Waals surface area contributed by atoms with Gasteiger partial charge in [-0.1, -0.05) is 12.1 Å². The molecule has 4 rings (SSSR count). The summed E-state index contributed by atoms with van der Waals surface area (Å²) >= 11 is 0. The van der Waals surface area contributed by atoms with Crippen LogP contribution in [0.4, 0.5) is 0 Å². The van der Waals surface area contributed by atoms with Crippen molar-refractivity contribution in [3.63, 3.8) is 0 Å². The molecule has 2 aromatic rings. The quantitative estimate of drug-likeness (QED) is 0.703. The third-order valence-electron chi connectivity index (χ3n) is 6.79. The number of hydrogen-bond donors (Lipinski definition) is 0. The van der Waals surface area contributed by atoms with Crippen molar-refractivity contribution in [1.29, 1.82) is 0 Å². The van der Waals surface area contributed by atoms with Gasteiger partial charge in [0.15, 0.2) is 5.76 Å². The lowest BCUT2D eigenvalue weighted by molar-refractivity contribution is -0.138. The first-order valence-corrected chi connectivity index (χ1v) is 11.4. The number of furan rings is 1. The molecule has 3 heterocycles. The monoisotopic (exact) mass is 424 g/mol. The number of rotatable bonds is 6. The van der Waals surface area contributed by atoms with E-state index in [9.17, 15) is 9.59 Å². The zero-order valence-corrected chi connectivity index (χ0v) is 18.3. The second-order valence-electron chi connectivity index (χ2n) is 8.70. The van der Waals surface area contributed by atoms with Crippen LogP contribution in [0.5, 0.6) is 5.75 Å². The third-order valence-corrected chi connectivity index (χ3v) is 6.79. The molecule has 0 saturated carbocycles. The van der Waals surface area contributed by atoms with Gasteiger partial charge in [-0.2, -0.15) is 0 Å². The van der Waals surface area contributed by atoms with Crippen LogP contribution in [0.25, 0.3) is 0 Å². The van der Waals surface area contributed by atoms with Crippen molar-refractivity contribution in [1.82, 2.24) is 9.80 Å². The minimum absolute atomic E-state index is 0.0384. The summed E-state index contributed by atoms with van der Waals surface area (Å²) in [6.07, 6.45) is 7.40. The summed E-state index contributed by atoms with van der Waals surface area (Å²) in [6.45, 7) is 2.96. The molecule has 0 N–H and O–H groups in total. The highest BCUT2D eigenvalue weighted by Gasteiger charge is 2.32. The summed E-state index contributed by atoms with van der Waals surface area (Å²) in [5.74, 6) is 2.19. The van der Waals surface area contributed by atoms with Gasteiger partial charge in [0.05, 0.1) is 13.4 Å². The second kappa shape index (κ2) is 10.0. The number of aryl methyl sites for hydroxylation is 1. The summed E-state index contributed by atoms with van der Waals surface area (Å²) in [6, 6.07) is 11.7. The molecule has 0 unspecified atom stereocenters. The van der Waals surface area contributed by atoms with Gasteiger partial charge in [-0.3, -0.25) is 9.59 Å². The number of likely N-dealkylation sites (tertiary alicyclic amines) is 2. The molecule has 1 aromatic heterocycles. The topological polar surface area (TPSA) is 63.0 Å². The number of methoxy groups -OCH3 is 1. The van der Waals surface area contributed by atoms with Crippen LogP contribution in [-0.4, -0.2) is 54.9 Å². The van der Waals surface area contributed by atoms with E-state index in [0.29, 0.717) is 24.8 Å². The van der Waals surface area contributed by atoms with E-state index >= 15 is 0 Å². The van der Waals surface area contributed by atoms with E-state index in [4.69, 9.17) is 9.15 Å². The summed E-state index contributed by atoms with van der Waals surface area (Å²) < 4.78 is 10.4. The van der Waals surface area contributed by atoms with E-state index in [1.165, 1.54) is 18.2 Å². The zero-order chi connectivity index (χ0) is 21.6. The minimum atomic E-state index is -0.0754. The van der Waals surface area contributed by atoms with Crippen molar-refractivity contribution in [3.05, 3.63) is 54.0 Å². The van der Waals surface area contributed by atoms with Crippen LogP contribution in [0.2, 0.25) is 0 Å². The van der Waals surface area contributed by atoms with Gasteiger partial charge in [0.1, 0.15) is 5.75 Å². The lowest BCUT2D eigenvalue weighted by Gasteiger charge is -2.37. The third kappa shape index (κ3) is 5.30. The van der Waals surface area contributed by atoms with Crippen molar-refractivity contribution >= 4 is 11.8 Å². The normalized spacial score (nSPS) is 18.2. The predicted octanol–water partition coefficient (Wildman–Crippen LogP) is 4.01. The Morgan fingerprint density at radius 1 is 0.968 bits per heavy atom. The SMILES string of the molecule is COc1ccc(CCC2CCN(C(=O)C3CCN(C(=O)c4ccco4)CC3)CC2)cc1. The van der Waals surface area contributed by atoms with Gasteiger partial charge < -0.3 is 19.0 Å². The number of amides is 2. The van der Waals surface area contributed by atoms with E-state index < -0.39 is 0 Å². The molecule has 2 amide bonds. The number of piperidine rings is 2. The van der Waals surface area contributed by atoms with Gasteiger partial charge >= 0.3 is 0 Å². The molecule has 0 spiro atoms. The molecular weight excluding hydrogens is 392 g/mol. The van der Waals surface area contributed by atoms with E-state index in [-0.39, 0.29) is 17.7 Å². The van der Waals surface area contributed by atoms with Crippen LogP contribution in [0.1, 0.15) is 48.2 Å². The fraction of sp³-hybridized carbons (Fsp3) is 0.520. The molecule has 1 aromatic carbocycles. The molecule has 166 valence electrons. The Morgan fingerprint density at radius 2 is 1.65 bits per heavy atom. The highest BCUT2D eigenvalue weighted by molar-refractivity contribution is 5.91. The van der Waals surface area contributed by atoms with Gasteiger partial charge in [0.25, 0.3) is 5.91 Å². The molecule has 6 nitrogen and oxygen atoms in total. The number of carbonyl (C=O) groups excluding carboxylic acids is 2. The predicted molar refractivity (Wildman–Crippen MR) is 118 cm³/mol. The maximum absolute atomic E-state index is 13.0. The smallest absolute Gasteiger partial charge is 0.289 e. The Balaban J connectivity index is 1.18. The Labute approximate surface area is 184 Å². The molecule has 0 bridgehead atoms. The molecule has 2 aliphatic heterocycles. The number of carbonyl (C=O) groups is 2. The average molecular weight is 425 g/mol. The van der Waals surface area contributed by atoms with Crippen LogP contribution in [0, 0.1) is 11.8 Å². The standard InChI is InChI=1S/C25H32N2O4/c1-30-22-8-6-19(7-9-22)4-5-20-10-14-26(15-11-20)24(28)21-12-16-27(17-13-21)25(29)23-3-2-18-31-23/h2-3,6-9,18,20-21H,4-5,10-17H2,1H3. The van der Waals surface area contributed by atoms with Crippen LogP contribution in [0.3, 0.4) is 0 Å². The van der Waals surface area contributed by atoms with Crippen molar-refractivity contribution in [2.45, 2.75) is 38.5 Å². The maximum Gasteiger partial charge on any atom is 0.289 e.